The Hall–Kier alpha value is -3.15. The zero-order chi connectivity index (χ0) is 20.2. The van der Waals surface area contributed by atoms with Crippen LogP contribution in [0.1, 0.15) is 47.7 Å². The zero-order valence-corrected chi connectivity index (χ0v) is 16.8. The van der Waals surface area contributed by atoms with Crippen molar-refractivity contribution in [2.45, 2.75) is 38.0 Å². The van der Waals surface area contributed by atoms with Crippen LogP contribution >= 0.6 is 0 Å². The highest BCUT2D eigenvalue weighted by Gasteiger charge is 2.23. The van der Waals surface area contributed by atoms with E-state index in [1.165, 1.54) is 31.1 Å². The fourth-order valence-electron chi connectivity index (χ4n) is 3.89. The number of aryl methyl sites for hydroxylation is 3. The molecular weight excluding hydrogens is 366 g/mol. The Balaban J connectivity index is 1.54. The van der Waals surface area contributed by atoms with Crippen molar-refractivity contribution in [3.05, 3.63) is 71.3 Å². The fraction of sp³-hybridized carbons (Fsp3) is 0.348. The minimum absolute atomic E-state index is 0.202. The van der Waals surface area contributed by atoms with Crippen LogP contribution in [0.25, 0.3) is 0 Å². The number of nitrogens with zero attached hydrogens (tertiary/aromatic N) is 3. The molecule has 3 aromatic rings. The van der Waals surface area contributed by atoms with E-state index < -0.39 is 0 Å². The number of hydrogen-bond acceptors (Lipinski definition) is 5. The first kappa shape index (κ1) is 19.2. The lowest BCUT2D eigenvalue weighted by Crippen LogP contribution is -2.14. The van der Waals surface area contributed by atoms with E-state index in [0.29, 0.717) is 0 Å². The standard InChI is InChI=1S/C23H25N3O3/c1-26-15-24-25-23(26)21(14-22(27)28-2)17-8-10-19(11-9-17)29-20-12-7-16-5-3-4-6-18(16)13-20/h7-13,15,21H,3-6,14H2,1-2H3/t21-/m0/s1. The number of benzene rings is 2. The van der Waals surface area contributed by atoms with Crippen LogP contribution in [0, 0.1) is 0 Å². The topological polar surface area (TPSA) is 66.2 Å². The van der Waals surface area contributed by atoms with E-state index in [9.17, 15) is 4.79 Å². The van der Waals surface area contributed by atoms with Gasteiger partial charge in [0.05, 0.1) is 19.4 Å². The van der Waals surface area contributed by atoms with Crippen molar-refractivity contribution >= 4 is 5.97 Å². The highest BCUT2D eigenvalue weighted by Crippen LogP contribution is 2.31. The van der Waals surface area contributed by atoms with Crippen LogP contribution in [0.4, 0.5) is 0 Å². The predicted molar refractivity (Wildman–Crippen MR) is 109 cm³/mol. The van der Waals surface area contributed by atoms with Crippen molar-refractivity contribution in [1.29, 1.82) is 0 Å². The Morgan fingerprint density at radius 2 is 1.79 bits per heavy atom. The predicted octanol–water partition coefficient (Wildman–Crippen LogP) is 4.18. The summed E-state index contributed by atoms with van der Waals surface area (Å²) in [5, 5.41) is 8.13. The van der Waals surface area contributed by atoms with Crippen molar-refractivity contribution in [3.63, 3.8) is 0 Å². The van der Waals surface area contributed by atoms with Crippen LogP contribution in [0.5, 0.6) is 11.5 Å². The number of carbonyl (C=O) groups is 1. The summed E-state index contributed by atoms with van der Waals surface area (Å²) in [5.74, 6) is 1.83. The van der Waals surface area contributed by atoms with Crippen molar-refractivity contribution in [3.8, 4) is 11.5 Å². The summed E-state index contributed by atoms with van der Waals surface area (Å²) in [5.41, 5.74) is 3.79. The van der Waals surface area contributed by atoms with E-state index in [0.717, 1.165) is 35.7 Å². The van der Waals surface area contributed by atoms with E-state index in [1.807, 2.05) is 41.9 Å². The molecule has 0 bridgehead atoms. The molecule has 0 radical (unpaired) electrons. The van der Waals surface area contributed by atoms with Crippen LogP contribution in [0.2, 0.25) is 0 Å². The molecule has 150 valence electrons. The minimum atomic E-state index is -0.285. The summed E-state index contributed by atoms with van der Waals surface area (Å²) in [7, 11) is 3.26. The van der Waals surface area contributed by atoms with Crippen LogP contribution in [0.15, 0.2) is 48.8 Å². The van der Waals surface area contributed by atoms with Crippen LogP contribution < -0.4 is 4.74 Å². The van der Waals surface area contributed by atoms with Crippen LogP contribution in [0.3, 0.4) is 0 Å². The number of fused-ring (bicyclic) bond motifs is 1. The lowest BCUT2D eigenvalue weighted by molar-refractivity contribution is -0.140. The monoisotopic (exact) mass is 391 g/mol. The largest absolute Gasteiger partial charge is 0.469 e. The first-order valence-corrected chi connectivity index (χ1v) is 9.94. The summed E-state index contributed by atoms with van der Waals surface area (Å²) >= 11 is 0. The summed E-state index contributed by atoms with van der Waals surface area (Å²) in [6.07, 6.45) is 6.63. The molecule has 1 aromatic heterocycles. The molecule has 0 unspecified atom stereocenters. The molecule has 0 saturated heterocycles. The highest BCUT2D eigenvalue weighted by atomic mass is 16.5. The number of rotatable bonds is 6. The molecule has 1 atom stereocenters. The maximum Gasteiger partial charge on any atom is 0.306 e. The smallest absolute Gasteiger partial charge is 0.306 e. The van der Waals surface area contributed by atoms with Crippen molar-refractivity contribution in [2.75, 3.05) is 7.11 Å². The van der Waals surface area contributed by atoms with Gasteiger partial charge in [0.1, 0.15) is 23.7 Å². The summed E-state index contributed by atoms with van der Waals surface area (Å²) < 4.78 is 12.8. The van der Waals surface area contributed by atoms with Gasteiger partial charge in [0, 0.05) is 7.05 Å². The summed E-state index contributed by atoms with van der Waals surface area (Å²) in [6, 6.07) is 14.2. The molecule has 1 aliphatic carbocycles. The number of hydrogen-bond donors (Lipinski definition) is 0. The Kier molecular flexibility index (Phi) is 5.60. The molecular formula is C23H25N3O3. The van der Waals surface area contributed by atoms with E-state index >= 15 is 0 Å². The molecule has 0 N–H and O–H groups in total. The molecule has 4 rings (SSSR count). The van der Waals surface area contributed by atoms with Gasteiger partial charge in [0.15, 0.2) is 0 Å². The minimum Gasteiger partial charge on any atom is -0.469 e. The lowest BCUT2D eigenvalue weighted by atomic mass is 9.92. The van der Waals surface area contributed by atoms with Gasteiger partial charge >= 0.3 is 5.97 Å². The Morgan fingerprint density at radius 1 is 1.07 bits per heavy atom. The van der Waals surface area contributed by atoms with Gasteiger partial charge in [-0.05, 0) is 66.6 Å². The molecule has 0 amide bonds. The third-order valence-electron chi connectivity index (χ3n) is 5.49. The zero-order valence-electron chi connectivity index (χ0n) is 16.8. The van der Waals surface area contributed by atoms with Gasteiger partial charge in [0.25, 0.3) is 0 Å². The first-order valence-electron chi connectivity index (χ1n) is 9.94. The maximum atomic E-state index is 11.9. The molecule has 1 aliphatic rings. The number of carbonyl (C=O) groups excluding carboxylic acids is 1. The van der Waals surface area contributed by atoms with Crippen LogP contribution in [-0.4, -0.2) is 27.8 Å². The van der Waals surface area contributed by atoms with E-state index in [1.54, 1.807) is 6.33 Å². The fourth-order valence-corrected chi connectivity index (χ4v) is 3.89. The van der Waals surface area contributed by atoms with Gasteiger partial charge in [-0.1, -0.05) is 18.2 Å². The quantitative estimate of drug-likeness (QED) is 0.590. The van der Waals surface area contributed by atoms with Gasteiger partial charge in [0.2, 0.25) is 0 Å². The Morgan fingerprint density at radius 3 is 2.48 bits per heavy atom. The van der Waals surface area contributed by atoms with Crippen molar-refractivity contribution in [1.82, 2.24) is 14.8 Å². The molecule has 6 heteroatoms. The maximum absolute atomic E-state index is 11.9. The number of ether oxygens (including phenoxy) is 2. The lowest BCUT2D eigenvalue weighted by Gasteiger charge is -2.17. The van der Waals surface area contributed by atoms with Gasteiger partial charge in [-0.3, -0.25) is 4.79 Å². The molecule has 29 heavy (non-hydrogen) atoms. The van der Waals surface area contributed by atoms with Crippen molar-refractivity contribution in [2.24, 2.45) is 7.05 Å². The average Bonchev–Trinajstić information content (AvgIpc) is 3.18. The van der Waals surface area contributed by atoms with Gasteiger partial charge in [-0.2, -0.15) is 0 Å². The number of aromatic nitrogens is 3. The average molecular weight is 391 g/mol. The third kappa shape index (κ3) is 4.31. The van der Waals surface area contributed by atoms with Crippen LogP contribution in [-0.2, 0) is 29.4 Å². The summed E-state index contributed by atoms with van der Waals surface area (Å²) in [6.45, 7) is 0. The number of esters is 1. The van der Waals surface area contributed by atoms with Gasteiger partial charge < -0.3 is 14.0 Å². The molecule has 0 saturated carbocycles. The number of methoxy groups -OCH3 is 1. The Bertz CT molecular complexity index is 995. The summed E-state index contributed by atoms with van der Waals surface area (Å²) in [4.78, 5) is 11.9. The SMILES string of the molecule is COC(=O)C[C@@H](c1ccc(Oc2ccc3c(c2)CCCC3)cc1)c1nncn1C. The van der Waals surface area contributed by atoms with E-state index in [4.69, 9.17) is 9.47 Å². The molecule has 0 aliphatic heterocycles. The van der Waals surface area contributed by atoms with Crippen molar-refractivity contribution < 1.29 is 14.3 Å². The Labute approximate surface area is 170 Å². The van der Waals surface area contributed by atoms with E-state index in [2.05, 4.69) is 22.3 Å². The second-order valence-corrected chi connectivity index (χ2v) is 7.44. The molecule has 2 aromatic carbocycles. The molecule has 0 fully saturated rings. The molecule has 1 heterocycles. The first-order chi connectivity index (χ1) is 14.1. The molecule has 0 spiro atoms. The third-order valence-corrected chi connectivity index (χ3v) is 5.49. The van der Waals surface area contributed by atoms with Gasteiger partial charge in [-0.25, -0.2) is 0 Å². The second kappa shape index (κ2) is 8.47. The normalized spacial score (nSPS) is 14.1. The highest BCUT2D eigenvalue weighted by molar-refractivity contribution is 5.71. The van der Waals surface area contributed by atoms with Gasteiger partial charge in [-0.15, -0.1) is 10.2 Å². The second-order valence-electron chi connectivity index (χ2n) is 7.44. The molecule has 6 nitrogen and oxygen atoms in total. The van der Waals surface area contributed by atoms with E-state index in [-0.39, 0.29) is 18.3 Å².